The second-order valence-corrected chi connectivity index (χ2v) is 10.2. The molecular formula is C19H27N5O3S2. The molecule has 0 aliphatic carbocycles. The van der Waals surface area contributed by atoms with Gasteiger partial charge in [-0.05, 0) is 25.0 Å². The van der Waals surface area contributed by atoms with Gasteiger partial charge in [0.2, 0.25) is 15.9 Å². The number of benzene rings is 1. The second-order valence-electron chi connectivity index (χ2n) is 7.78. The Labute approximate surface area is 175 Å². The maximum atomic E-state index is 13.2. The lowest BCUT2D eigenvalue weighted by molar-refractivity contribution is -0.130. The number of carbonyl (C=O) groups excluding carboxylic acids is 1. The minimum absolute atomic E-state index is 0.0421. The lowest BCUT2D eigenvalue weighted by atomic mass is 9.92. The van der Waals surface area contributed by atoms with E-state index in [1.807, 2.05) is 11.8 Å². The highest BCUT2D eigenvalue weighted by atomic mass is 32.2. The van der Waals surface area contributed by atoms with Gasteiger partial charge < -0.3 is 4.90 Å². The predicted molar refractivity (Wildman–Crippen MR) is 112 cm³/mol. The molecule has 2 aliphatic heterocycles. The average Bonchev–Trinajstić information content (AvgIpc) is 3.40. The summed E-state index contributed by atoms with van der Waals surface area (Å²) in [7, 11) is -3.61. The highest BCUT2D eigenvalue weighted by Gasteiger charge is 2.44. The largest absolute Gasteiger partial charge is 0.341 e. The van der Waals surface area contributed by atoms with Crippen LogP contribution in [0.5, 0.6) is 0 Å². The van der Waals surface area contributed by atoms with E-state index in [0.29, 0.717) is 43.6 Å². The fraction of sp³-hybridized carbons (Fsp3) is 0.632. The molecule has 29 heavy (non-hydrogen) atoms. The summed E-state index contributed by atoms with van der Waals surface area (Å²) in [6.07, 6.45) is 2.44. The van der Waals surface area contributed by atoms with Crippen molar-refractivity contribution in [2.75, 3.05) is 39.3 Å². The lowest BCUT2D eigenvalue weighted by Gasteiger charge is -2.45. The number of nitrogens with zero attached hydrogens (tertiary/aromatic N) is 5. The average molecular weight is 438 g/mol. The number of hydrogen-bond donors (Lipinski definition) is 0. The molecule has 2 aromatic rings. The van der Waals surface area contributed by atoms with Crippen LogP contribution < -0.4 is 0 Å². The molecule has 1 atom stereocenters. The third kappa shape index (κ3) is 3.56. The normalized spacial score (nSPS) is 24.4. The number of aromatic nitrogens is 2. The Kier molecular flexibility index (Phi) is 5.62. The Morgan fingerprint density at radius 1 is 1.14 bits per heavy atom. The van der Waals surface area contributed by atoms with E-state index in [2.05, 4.69) is 20.6 Å². The molecule has 158 valence electrons. The molecule has 1 amide bonds. The van der Waals surface area contributed by atoms with Gasteiger partial charge >= 0.3 is 0 Å². The topological polar surface area (TPSA) is 86.7 Å². The smallest absolute Gasteiger partial charge is 0.245 e. The van der Waals surface area contributed by atoms with Gasteiger partial charge in [-0.2, -0.15) is 13.1 Å². The van der Waals surface area contributed by atoms with Gasteiger partial charge in [0, 0.05) is 51.2 Å². The molecule has 2 saturated heterocycles. The van der Waals surface area contributed by atoms with Gasteiger partial charge in [-0.25, -0.2) is 8.42 Å². The monoisotopic (exact) mass is 437 g/mol. The van der Waals surface area contributed by atoms with Crippen LogP contribution in [-0.4, -0.2) is 82.0 Å². The number of piperazine rings is 1. The molecular weight excluding hydrogens is 410 g/mol. The number of fused-ring (bicyclic) bond motifs is 1. The Morgan fingerprint density at radius 2 is 1.90 bits per heavy atom. The van der Waals surface area contributed by atoms with Crippen LogP contribution in [0.2, 0.25) is 0 Å². The summed E-state index contributed by atoms with van der Waals surface area (Å²) in [5.41, 5.74) is 1.03. The molecule has 0 radical (unpaired) electrons. The van der Waals surface area contributed by atoms with Gasteiger partial charge in [0.15, 0.2) is 0 Å². The van der Waals surface area contributed by atoms with Gasteiger partial charge in [0.05, 0.1) is 11.7 Å². The molecule has 1 aromatic carbocycles. The van der Waals surface area contributed by atoms with E-state index in [1.54, 1.807) is 22.5 Å². The molecule has 0 unspecified atom stereocenters. The number of rotatable bonds is 5. The van der Waals surface area contributed by atoms with Crippen molar-refractivity contribution >= 4 is 38.7 Å². The minimum Gasteiger partial charge on any atom is -0.341 e. The quantitative estimate of drug-likeness (QED) is 0.709. The van der Waals surface area contributed by atoms with E-state index in [0.717, 1.165) is 37.7 Å². The zero-order chi connectivity index (χ0) is 20.6. The first-order valence-corrected chi connectivity index (χ1v) is 12.3. The van der Waals surface area contributed by atoms with Crippen molar-refractivity contribution in [1.82, 2.24) is 22.9 Å². The lowest BCUT2D eigenvalue weighted by Crippen LogP contribution is -2.58. The van der Waals surface area contributed by atoms with Crippen LogP contribution in [0.15, 0.2) is 23.1 Å². The second kappa shape index (κ2) is 7.90. The van der Waals surface area contributed by atoms with Crippen LogP contribution in [0, 0.1) is 0 Å². The zero-order valence-electron chi connectivity index (χ0n) is 16.9. The maximum absolute atomic E-state index is 13.2. The summed E-state index contributed by atoms with van der Waals surface area (Å²) >= 11 is 1.03. The first-order valence-electron chi connectivity index (χ1n) is 10.2. The summed E-state index contributed by atoms with van der Waals surface area (Å²) < 4.78 is 36.4. The van der Waals surface area contributed by atoms with Crippen LogP contribution in [0.25, 0.3) is 11.0 Å². The molecule has 0 bridgehead atoms. The number of carbonyl (C=O) groups is 1. The van der Waals surface area contributed by atoms with E-state index in [1.165, 1.54) is 0 Å². The predicted octanol–water partition coefficient (Wildman–Crippen LogP) is 1.79. The Morgan fingerprint density at radius 3 is 2.59 bits per heavy atom. The summed E-state index contributed by atoms with van der Waals surface area (Å²) in [5.74, 6) is 0.200. The highest BCUT2D eigenvalue weighted by molar-refractivity contribution is 7.89. The molecule has 4 rings (SSSR count). The molecule has 0 saturated carbocycles. The Balaban J connectivity index is 1.49. The summed E-state index contributed by atoms with van der Waals surface area (Å²) in [5, 5.41) is 0. The molecule has 0 spiro atoms. The van der Waals surface area contributed by atoms with E-state index in [4.69, 9.17) is 0 Å². The van der Waals surface area contributed by atoms with Crippen molar-refractivity contribution in [2.24, 2.45) is 0 Å². The Hall–Kier alpha value is -1.62. The molecule has 8 nitrogen and oxygen atoms in total. The third-order valence-electron chi connectivity index (χ3n) is 6.42. The molecule has 3 heterocycles. The van der Waals surface area contributed by atoms with Crippen LogP contribution >= 0.6 is 11.7 Å². The fourth-order valence-electron chi connectivity index (χ4n) is 4.59. The summed E-state index contributed by atoms with van der Waals surface area (Å²) in [4.78, 5) is 16.7. The molecule has 0 N–H and O–H groups in total. The first kappa shape index (κ1) is 20.6. The highest BCUT2D eigenvalue weighted by Crippen LogP contribution is 2.33. The molecule has 1 aromatic heterocycles. The van der Waals surface area contributed by atoms with Crippen LogP contribution in [0.3, 0.4) is 0 Å². The summed E-state index contributed by atoms with van der Waals surface area (Å²) in [6, 6.07) is 5.12. The van der Waals surface area contributed by atoms with Crippen molar-refractivity contribution in [2.45, 2.75) is 43.5 Å². The van der Waals surface area contributed by atoms with Crippen molar-refractivity contribution in [3.63, 3.8) is 0 Å². The SMILES string of the molecule is CCC(=O)N1CC[C@](CC)(N2CCN(S(=O)(=O)c3cccc4nsnc34)CC2)C1. The van der Waals surface area contributed by atoms with E-state index < -0.39 is 10.0 Å². The minimum atomic E-state index is -3.61. The van der Waals surface area contributed by atoms with Crippen molar-refractivity contribution < 1.29 is 13.2 Å². The van der Waals surface area contributed by atoms with Gasteiger partial charge in [-0.3, -0.25) is 9.69 Å². The standard InChI is InChI=1S/C19H27N5O3S2/c1-3-17(25)22-9-8-19(4-2,14-22)23-10-12-24(13-11-23)29(26,27)16-7-5-6-15-18(16)21-28-20-15/h5-7H,3-4,8-14H2,1-2H3/t19-/m0/s1. The Bertz CT molecular complexity index is 1000. The maximum Gasteiger partial charge on any atom is 0.245 e. The van der Waals surface area contributed by atoms with Crippen molar-refractivity contribution in [1.29, 1.82) is 0 Å². The van der Waals surface area contributed by atoms with Gasteiger partial charge in [0.25, 0.3) is 0 Å². The van der Waals surface area contributed by atoms with Crippen molar-refractivity contribution in [3.8, 4) is 0 Å². The van der Waals surface area contributed by atoms with Gasteiger partial charge in [-0.1, -0.05) is 19.9 Å². The van der Waals surface area contributed by atoms with Crippen LogP contribution in [-0.2, 0) is 14.8 Å². The van der Waals surface area contributed by atoms with Crippen LogP contribution in [0.4, 0.5) is 0 Å². The first-order chi connectivity index (χ1) is 13.9. The van der Waals surface area contributed by atoms with Crippen LogP contribution in [0.1, 0.15) is 33.1 Å². The third-order valence-corrected chi connectivity index (χ3v) is 8.89. The summed E-state index contributed by atoms with van der Waals surface area (Å²) in [6.45, 7) is 7.83. The van der Waals surface area contributed by atoms with Gasteiger partial charge in [0.1, 0.15) is 15.9 Å². The number of hydrogen-bond acceptors (Lipinski definition) is 7. The molecule has 10 heteroatoms. The fourth-order valence-corrected chi connectivity index (χ4v) is 6.77. The van der Waals surface area contributed by atoms with E-state index >= 15 is 0 Å². The zero-order valence-corrected chi connectivity index (χ0v) is 18.5. The van der Waals surface area contributed by atoms with Crippen molar-refractivity contribution in [3.05, 3.63) is 18.2 Å². The molecule has 2 aliphatic rings. The number of likely N-dealkylation sites (tertiary alicyclic amines) is 1. The van der Waals surface area contributed by atoms with E-state index in [-0.39, 0.29) is 16.3 Å². The van der Waals surface area contributed by atoms with Gasteiger partial charge in [-0.15, -0.1) is 0 Å². The molecule has 2 fully saturated rings. The number of sulfonamides is 1. The number of amides is 1. The van der Waals surface area contributed by atoms with E-state index in [9.17, 15) is 13.2 Å².